The molecule has 28 heavy (non-hydrogen) atoms. The van der Waals surface area contributed by atoms with Crippen molar-refractivity contribution >= 4 is 38.7 Å². The predicted molar refractivity (Wildman–Crippen MR) is 122 cm³/mol. The fourth-order valence-corrected chi connectivity index (χ4v) is 3.50. The van der Waals surface area contributed by atoms with Gasteiger partial charge in [0.05, 0.1) is 13.2 Å². The Bertz CT molecular complexity index is 616. The lowest BCUT2D eigenvalue weighted by atomic mass is 10.00. The molecule has 0 unspecified atom stereocenters. The molecule has 2 heterocycles. The summed E-state index contributed by atoms with van der Waals surface area (Å²) >= 11 is 0. The maximum Gasteiger partial charge on any atom is 0.266 e. The van der Waals surface area contributed by atoms with Crippen molar-refractivity contribution in [2.45, 2.75) is 58.9 Å². The summed E-state index contributed by atoms with van der Waals surface area (Å²) in [7, 11) is 0. The third kappa shape index (κ3) is 6.49. The minimum atomic E-state index is -0.556. The quantitative estimate of drug-likeness (QED) is 0.725. The van der Waals surface area contributed by atoms with Gasteiger partial charge in [-0.05, 0) is 24.3 Å². The molecule has 0 radical (unpaired) electrons. The van der Waals surface area contributed by atoms with Crippen molar-refractivity contribution in [3.05, 3.63) is 35.9 Å². The molecule has 1 aromatic carbocycles. The summed E-state index contributed by atoms with van der Waals surface area (Å²) in [6.07, 6.45) is 0.919. The van der Waals surface area contributed by atoms with Crippen LogP contribution in [0.4, 0.5) is 0 Å². The fraction of sp³-hybridized carbons (Fsp3) is 0.600. The number of hydrazine groups is 1. The molecule has 3 rings (SSSR count). The highest BCUT2D eigenvalue weighted by Gasteiger charge is 2.45. The number of carbonyl (C=O) groups is 2. The molecule has 2 fully saturated rings. The van der Waals surface area contributed by atoms with Crippen molar-refractivity contribution < 1.29 is 14.3 Å². The number of carbonyl (C=O) groups excluding carboxylic acids is 2. The second-order valence-electron chi connectivity index (χ2n) is 7.22. The number of nitrogens with one attached hydrogen (secondary N) is 2. The van der Waals surface area contributed by atoms with Gasteiger partial charge in [-0.1, -0.05) is 51.6 Å². The minimum absolute atomic E-state index is 0. The lowest BCUT2D eigenvalue weighted by Gasteiger charge is -2.38. The minimum Gasteiger partial charge on any atom is -0.364 e. The maximum absolute atomic E-state index is 13.1. The van der Waals surface area contributed by atoms with Crippen LogP contribution < -0.4 is 10.7 Å². The van der Waals surface area contributed by atoms with E-state index in [1.807, 2.05) is 30.3 Å². The van der Waals surface area contributed by atoms with Crippen LogP contribution in [0, 0.1) is 5.92 Å². The van der Waals surface area contributed by atoms with E-state index in [0.29, 0.717) is 32.0 Å². The number of hydrogen-bond donors (Lipinski definition) is 2. The Balaban J connectivity index is 0.00000243. The normalized spacial score (nSPS) is 21.8. The van der Waals surface area contributed by atoms with Gasteiger partial charge in [0.25, 0.3) is 5.91 Å². The number of fused-ring (bicyclic) bond motifs is 1. The first-order valence-corrected chi connectivity index (χ1v) is 9.04. The number of ketones is 1. The molecule has 160 valence electrons. The van der Waals surface area contributed by atoms with Crippen molar-refractivity contribution in [3.8, 4) is 0 Å². The van der Waals surface area contributed by atoms with Crippen LogP contribution in [0.3, 0.4) is 0 Å². The fourth-order valence-electron chi connectivity index (χ4n) is 3.50. The molecule has 0 aromatic heterocycles. The Kier molecular flexibility index (Phi) is 12.0. The molecule has 0 spiro atoms. The van der Waals surface area contributed by atoms with Crippen LogP contribution in [0.5, 0.6) is 0 Å². The molecule has 0 bridgehead atoms. The van der Waals surface area contributed by atoms with E-state index in [9.17, 15) is 9.59 Å². The van der Waals surface area contributed by atoms with Gasteiger partial charge in [-0.25, -0.2) is 5.43 Å². The van der Waals surface area contributed by atoms with Crippen LogP contribution in [-0.4, -0.2) is 48.0 Å². The van der Waals surface area contributed by atoms with Crippen LogP contribution in [-0.2, 0) is 20.9 Å². The Labute approximate surface area is 182 Å². The van der Waals surface area contributed by atoms with Crippen molar-refractivity contribution in [2.75, 3.05) is 13.1 Å². The van der Waals surface area contributed by atoms with Gasteiger partial charge in [0, 0.05) is 12.6 Å². The number of Topliss-reactive ketones (excluding diaryl/α,β-unsaturated/α-hetero) is 1. The molecule has 6 nitrogen and oxygen atoms in total. The van der Waals surface area contributed by atoms with Gasteiger partial charge in [0.1, 0.15) is 12.1 Å². The second kappa shape index (κ2) is 12.5. The first-order chi connectivity index (χ1) is 12.1. The van der Waals surface area contributed by atoms with E-state index in [1.54, 1.807) is 0 Å². The average Bonchev–Trinajstić information content (AvgIpc) is 3.00. The van der Waals surface area contributed by atoms with Gasteiger partial charge in [-0.2, -0.15) is 27.0 Å². The lowest BCUT2D eigenvalue weighted by molar-refractivity contribution is -0.156. The lowest BCUT2D eigenvalue weighted by Crippen LogP contribution is -2.63. The number of benzene rings is 1. The summed E-state index contributed by atoms with van der Waals surface area (Å²) in [6.45, 7) is 5.54. The molecule has 0 aliphatic carbocycles. The molecule has 2 saturated heterocycles. The van der Waals surface area contributed by atoms with E-state index in [1.165, 1.54) is 5.01 Å². The van der Waals surface area contributed by atoms with Crippen molar-refractivity contribution in [1.29, 1.82) is 0 Å². The van der Waals surface area contributed by atoms with Gasteiger partial charge in [0.15, 0.2) is 5.78 Å². The molecule has 1 amide bonds. The molecule has 1 aromatic rings. The Morgan fingerprint density at radius 2 is 1.93 bits per heavy atom. The van der Waals surface area contributed by atoms with Gasteiger partial charge >= 0.3 is 0 Å². The molecule has 0 saturated carbocycles. The van der Waals surface area contributed by atoms with E-state index >= 15 is 0 Å². The van der Waals surface area contributed by atoms with E-state index in [4.69, 9.17) is 4.74 Å². The topological polar surface area (TPSA) is 70.7 Å². The molecule has 3 atom stereocenters. The maximum atomic E-state index is 13.1. The van der Waals surface area contributed by atoms with Gasteiger partial charge in [0.2, 0.25) is 0 Å². The summed E-state index contributed by atoms with van der Waals surface area (Å²) < 4.78 is 5.97. The predicted octanol–water partition coefficient (Wildman–Crippen LogP) is 2.13. The summed E-state index contributed by atoms with van der Waals surface area (Å²) in [5.74, 6) is 0.246. The van der Waals surface area contributed by atoms with Crippen molar-refractivity contribution in [2.24, 2.45) is 5.92 Å². The Hall–Kier alpha value is -1.06. The number of rotatable bonds is 6. The van der Waals surface area contributed by atoms with E-state index in [-0.39, 0.29) is 52.2 Å². The molecule has 2 aliphatic heterocycles. The third-order valence-corrected chi connectivity index (χ3v) is 4.76. The summed E-state index contributed by atoms with van der Waals surface area (Å²) in [5, 5.41) is 4.73. The highest BCUT2D eigenvalue weighted by atomic mass is 32.1. The van der Waals surface area contributed by atoms with Crippen LogP contribution in [0.2, 0.25) is 0 Å². The molecule has 8 heteroatoms. The SMILES string of the molecule is C.CC(C)C[C@H](OCc1ccccc1)C(=O)N1NCC[C@H]2NCC(=O)[C@H]21.S.S. The summed E-state index contributed by atoms with van der Waals surface area (Å²) in [5.41, 5.74) is 4.15. The molecular formula is C20H35N3O3S2. The van der Waals surface area contributed by atoms with Gasteiger partial charge in [-0.3, -0.25) is 14.6 Å². The molecule has 2 N–H and O–H groups in total. The van der Waals surface area contributed by atoms with Crippen LogP contribution >= 0.6 is 27.0 Å². The van der Waals surface area contributed by atoms with E-state index in [2.05, 4.69) is 24.6 Å². The summed E-state index contributed by atoms with van der Waals surface area (Å²) in [6, 6.07) is 9.46. The van der Waals surface area contributed by atoms with Crippen molar-refractivity contribution in [3.63, 3.8) is 0 Å². The van der Waals surface area contributed by atoms with Crippen LogP contribution in [0.25, 0.3) is 0 Å². The Morgan fingerprint density at radius 3 is 2.57 bits per heavy atom. The van der Waals surface area contributed by atoms with Gasteiger partial charge in [-0.15, -0.1) is 0 Å². The number of amides is 1. The first-order valence-electron chi connectivity index (χ1n) is 9.04. The number of ether oxygens (including phenoxy) is 1. The molecule has 2 aliphatic rings. The Morgan fingerprint density at radius 1 is 1.25 bits per heavy atom. The van der Waals surface area contributed by atoms with Crippen LogP contribution in [0.1, 0.15) is 39.7 Å². The average molecular weight is 430 g/mol. The van der Waals surface area contributed by atoms with Crippen LogP contribution in [0.15, 0.2) is 30.3 Å². The first kappa shape index (κ1) is 26.9. The zero-order valence-corrected chi connectivity index (χ0v) is 17.9. The largest absolute Gasteiger partial charge is 0.364 e. The third-order valence-electron chi connectivity index (χ3n) is 4.76. The number of hydrogen-bond acceptors (Lipinski definition) is 5. The van der Waals surface area contributed by atoms with E-state index < -0.39 is 12.1 Å². The highest BCUT2D eigenvalue weighted by molar-refractivity contribution is 7.59. The van der Waals surface area contributed by atoms with E-state index in [0.717, 1.165) is 12.0 Å². The second-order valence-corrected chi connectivity index (χ2v) is 7.22. The zero-order chi connectivity index (χ0) is 17.8. The standard InChI is InChI=1S/C19H27N3O3.CH4.2H2S/c1-13(2)10-17(25-12-14-6-4-3-5-7-14)19(24)22-18-15(8-9-21-22)20-11-16(18)23;;;/h3-7,13,15,17-18,20-21H,8-12H2,1-2H3;1H4;2*1H2/t15-,17+,18+;;;/m1.../s1. The molecular weight excluding hydrogens is 394 g/mol. The zero-order valence-electron chi connectivity index (χ0n) is 15.9. The monoisotopic (exact) mass is 429 g/mol. The smallest absolute Gasteiger partial charge is 0.266 e. The van der Waals surface area contributed by atoms with Crippen molar-refractivity contribution in [1.82, 2.24) is 15.8 Å². The summed E-state index contributed by atoms with van der Waals surface area (Å²) in [4.78, 5) is 25.3. The highest BCUT2D eigenvalue weighted by Crippen LogP contribution is 2.21. The number of nitrogens with zero attached hydrogens (tertiary/aromatic N) is 1. The van der Waals surface area contributed by atoms with Gasteiger partial charge < -0.3 is 10.1 Å².